The highest BCUT2D eigenvalue weighted by molar-refractivity contribution is 5.46. The number of benzene rings is 1. The van der Waals surface area contributed by atoms with Crippen molar-refractivity contribution < 1.29 is 10.2 Å². The van der Waals surface area contributed by atoms with Crippen LogP contribution in [0.2, 0.25) is 0 Å². The SMILES string of the molecule is CC(C)Cc1cc(O)cc(CC(C)C)c1O. The Kier molecular flexibility index (Phi) is 4.22. The van der Waals surface area contributed by atoms with Gasteiger partial charge in [-0.25, -0.2) is 0 Å². The average molecular weight is 222 g/mol. The molecule has 0 unspecified atom stereocenters. The highest BCUT2D eigenvalue weighted by Gasteiger charge is 2.12. The van der Waals surface area contributed by atoms with Crippen molar-refractivity contribution in [3.8, 4) is 11.5 Å². The van der Waals surface area contributed by atoms with Crippen LogP contribution < -0.4 is 0 Å². The minimum atomic E-state index is 0.254. The Bertz CT molecular complexity index is 323. The van der Waals surface area contributed by atoms with Crippen molar-refractivity contribution in [2.24, 2.45) is 11.8 Å². The summed E-state index contributed by atoms with van der Waals surface area (Å²) in [4.78, 5) is 0. The first-order valence-electron chi connectivity index (χ1n) is 5.93. The molecule has 90 valence electrons. The van der Waals surface area contributed by atoms with E-state index in [4.69, 9.17) is 0 Å². The summed E-state index contributed by atoms with van der Waals surface area (Å²) < 4.78 is 0. The summed E-state index contributed by atoms with van der Waals surface area (Å²) in [6, 6.07) is 3.33. The third-order valence-corrected chi connectivity index (χ3v) is 2.51. The van der Waals surface area contributed by atoms with Gasteiger partial charge in [0, 0.05) is 0 Å². The predicted octanol–water partition coefficient (Wildman–Crippen LogP) is 3.49. The van der Waals surface area contributed by atoms with Gasteiger partial charge in [0.2, 0.25) is 0 Å². The third kappa shape index (κ3) is 3.44. The van der Waals surface area contributed by atoms with E-state index in [0.29, 0.717) is 17.6 Å². The molecule has 16 heavy (non-hydrogen) atoms. The van der Waals surface area contributed by atoms with E-state index in [1.54, 1.807) is 12.1 Å². The molecule has 0 fully saturated rings. The minimum absolute atomic E-state index is 0.254. The normalized spacial score (nSPS) is 11.4. The van der Waals surface area contributed by atoms with Crippen LogP contribution >= 0.6 is 0 Å². The fourth-order valence-electron chi connectivity index (χ4n) is 1.93. The number of hydrogen-bond donors (Lipinski definition) is 2. The van der Waals surface area contributed by atoms with Crippen molar-refractivity contribution in [2.75, 3.05) is 0 Å². The number of hydrogen-bond acceptors (Lipinski definition) is 2. The lowest BCUT2D eigenvalue weighted by molar-refractivity contribution is 0.438. The van der Waals surface area contributed by atoms with Crippen LogP contribution in [0.4, 0.5) is 0 Å². The number of aromatic hydroxyl groups is 2. The molecule has 2 heteroatoms. The molecule has 0 aliphatic rings. The van der Waals surface area contributed by atoms with Crippen LogP contribution in [-0.4, -0.2) is 10.2 Å². The van der Waals surface area contributed by atoms with Crippen LogP contribution in [0.25, 0.3) is 0 Å². The fraction of sp³-hybridized carbons (Fsp3) is 0.571. The molecule has 0 heterocycles. The largest absolute Gasteiger partial charge is 0.508 e. The molecule has 0 spiro atoms. The van der Waals surface area contributed by atoms with Crippen LogP contribution in [0.3, 0.4) is 0 Å². The zero-order valence-electron chi connectivity index (χ0n) is 10.6. The highest BCUT2D eigenvalue weighted by Crippen LogP contribution is 2.31. The van der Waals surface area contributed by atoms with Crippen LogP contribution in [0.5, 0.6) is 11.5 Å². The zero-order chi connectivity index (χ0) is 12.3. The summed E-state index contributed by atoms with van der Waals surface area (Å²) in [5.74, 6) is 1.56. The van der Waals surface area contributed by atoms with Crippen molar-refractivity contribution in [1.82, 2.24) is 0 Å². The van der Waals surface area contributed by atoms with Crippen LogP contribution in [0.1, 0.15) is 38.8 Å². The van der Waals surface area contributed by atoms with E-state index in [-0.39, 0.29) is 5.75 Å². The van der Waals surface area contributed by atoms with Gasteiger partial charge >= 0.3 is 0 Å². The van der Waals surface area contributed by atoms with Gasteiger partial charge in [-0.15, -0.1) is 0 Å². The molecule has 1 aromatic carbocycles. The number of phenolic OH excluding ortho intramolecular Hbond substituents is 2. The summed E-state index contributed by atoms with van der Waals surface area (Å²) in [6.07, 6.45) is 1.59. The maximum atomic E-state index is 10.1. The summed E-state index contributed by atoms with van der Waals surface area (Å²) in [5, 5.41) is 19.7. The van der Waals surface area contributed by atoms with Gasteiger partial charge in [-0.3, -0.25) is 0 Å². The van der Waals surface area contributed by atoms with E-state index in [0.717, 1.165) is 24.0 Å². The Hall–Kier alpha value is -1.18. The number of rotatable bonds is 4. The molecule has 0 atom stereocenters. The molecular formula is C14H22O2. The minimum Gasteiger partial charge on any atom is -0.508 e. The molecule has 0 saturated carbocycles. The Morgan fingerprint density at radius 1 is 0.875 bits per heavy atom. The smallest absolute Gasteiger partial charge is 0.122 e. The lowest BCUT2D eigenvalue weighted by Gasteiger charge is -2.13. The van der Waals surface area contributed by atoms with Gasteiger partial charge in [-0.05, 0) is 47.9 Å². The van der Waals surface area contributed by atoms with Gasteiger partial charge < -0.3 is 10.2 Å². The Labute approximate surface area is 97.9 Å². The molecular weight excluding hydrogens is 200 g/mol. The van der Waals surface area contributed by atoms with Crippen LogP contribution in [-0.2, 0) is 12.8 Å². The second kappa shape index (κ2) is 5.24. The van der Waals surface area contributed by atoms with Crippen LogP contribution in [0, 0.1) is 11.8 Å². The first-order valence-corrected chi connectivity index (χ1v) is 5.93. The van der Waals surface area contributed by atoms with E-state index in [1.165, 1.54) is 0 Å². The zero-order valence-corrected chi connectivity index (χ0v) is 10.6. The van der Waals surface area contributed by atoms with E-state index >= 15 is 0 Å². The van der Waals surface area contributed by atoms with Crippen LogP contribution in [0.15, 0.2) is 12.1 Å². The second-order valence-corrected chi connectivity index (χ2v) is 5.31. The molecule has 0 amide bonds. The molecule has 2 N–H and O–H groups in total. The third-order valence-electron chi connectivity index (χ3n) is 2.51. The van der Waals surface area contributed by atoms with Crippen molar-refractivity contribution in [1.29, 1.82) is 0 Å². The molecule has 0 saturated heterocycles. The molecule has 0 bridgehead atoms. The maximum absolute atomic E-state index is 10.1. The fourth-order valence-corrected chi connectivity index (χ4v) is 1.93. The van der Waals surface area contributed by atoms with Gasteiger partial charge in [0.1, 0.15) is 11.5 Å². The predicted molar refractivity (Wildman–Crippen MR) is 66.9 cm³/mol. The Morgan fingerprint density at radius 2 is 1.25 bits per heavy atom. The quantitative estimate of drug-likeness (QED) is 0.765. The van der Waals surface area contributed by atoms with E-state index in [2.05, 4.69) is 27.7 Å². The lowest BCUT2D eigenvalue weighted by atomic mass is 9.95. The van der Waals surface area contributed by atoms with E-state index in [9.17, 15) is 10.2 Å². The first-order chi connectivity index (χ1) is 7.40. The van der Waals surface area contributed by atoms with Gasteiger partial charge in [0.25, 0.3) is 0 Å². The molecule has 0 aromatic heterocycles. The van der Waals surface area contributed by atoms with Crippen molar-refractivity contribution in [2.45, 2.75) is 40.5 Å². The Morgan fingerprint density at radius 3 is 1.56 bits per heavy atom. The first kappa shape index (κ1) is 12.9. The average Bonchev–Trinajstić information content (AvgIpc) is 2.11. The standard InChI is InChI=1S/C14H22O2/c1-9(2)5-11-7-13(15)8-12(14(11)16)6-10(3)4/h7-10,15-16H,5-6H2,1-4H3. The molecule has 1 rings (SSSR count). The van der Waals surface area contributed by atoms with E-state index < -0.39 is 0 Å². The molecule has 2 nitrogen and oxygen atoms in total. The molecule has 0 radical (unpaired) electrons. The van der Waals surface area contributed by atoms with Gasteiger partial charge in [-0.1, -0.05) is 27.7 Å². The van der Waals surface area contributed by atoms with E-state index in [1.807, 2.05) is 0 Å². The maximum Gasteiger partial charge on any atom is 0.122 e. The van der Waals surface area contributed by atoms with Crippen molar-refractivity contribution in [3.63, 3.8) is 0 Å². The molecule has 0 aliphatic carbocycles. The van der Waals surface area contributed by atoms with Crippen molar-refractivity contribution >= 4 is 0 Å². The van der Waals surface area contributed by atoms with Gasteiger partial charge in [0.05, 0.1) is 0 Å². The summed E-state index contributed by atoms with van der Waals surface area (Å²) in [6.45, 7) is 8.41. The number of phenols is 2. The second-order valence-electron chi connectivity index (χ2n) is 5.31. The summed E-state index contributed by atoms with van der Waals surface area (Å²) in [5.41, 5.74) is 1.70. The Balaban J connectivity index is 3.05. The summed E-state index contributed by atoms with van der Waals surface area (Å²) >= 11 is 0. The van der Waals surface area contributed by atoms with Gasteiger partial charge in [-0.2, -0.15) is 0 Å². The van der Waals surface area contributed by atoms with Gasteiger partial charge in [0.15, 0.2) is 0 Å². The molecule has 0 aliphatic heterocycles. The monoisotopic (exact) mass is 222 g/mol. The highest BCUT2D eigenvalue weighted by atomic mass is 16.3. The lowest BCUT2D eigenvalue weighted by Crippen LogP contribution is -1.99. The topological polar surface area (TPSA) is 40.5 Å². The summed E-state index contributed by atoms with van der Waals surface area (Å²) in [7, 11) is 0. The molecule has 1 aromatic rings. The van der Waals surface area contributed by atoms with Crippen molar-refractivity contribution in [3.05, 3.63) is 23.3 Å².